The minimum atomic E-state index is -1.01. The van der Waals surface area contributed by atoms with Crippen LogP contribution in [0.25, 0.3) is 0 Å². The summed E-state index contributed by atoms with van der Waals surface area (Å²) >= 11 is 2.63. The van der Waals surface area contributed by atoms with Gasteiger partial charge in [-0.2, -0.15) is 11.8 Å². The number of carbonyl (C=O) groups is 8. The molecule has 0 saturated carbocycles. The minimum absolute atomic E-state index is 0.00588. The van der Waals surface area contributed by atoms with Crippen molar-refractivity contribution >= 4 is 76.1 Å². The number of rotatable bonds is 41. The monoisotopic (exact) mass is 1200 g/mol. The summed E-state index contributed by atoms with van der Waals surface area (Å²) < 4.78 is 16.6. The number of unbranched alkanes of at least 4 members (excludes halogenated alkanes) is 1. The van der Waals surface area contributed by atoms with Gasteiger partial charge in [-0.25, -0.2) is 4.98 Å². The maximum Gasteiger partial charge on any atom is 0.306 e. The SMILES string of the molecule is CCCO[C@H](C[C@H](C(C)C)N(CCC)C(=O)[C@@H](NC(=O)C1CCCCN1C)C(C)CC)c1nc(C(=O)N[C@@H](Cc2ccc(C)c(NC(=O)CCCNC(=O)C(CCCCNC(=O)COCCOC)NC(=O)CSC)c2)CC(C)C(=O)O)cs1. The molecule has 0 bridgehead atoms. The number of thiazole rings is 1. The number of ether oxygens (including phenoxy) is 3. The van der Waals surface area contributed by atoms with Gasteiger partial charge in [0, 0.05) is 69.3 Å². The van der Waals surface area contributed by atoms with E-state index in [0.717, 1.165) is 43.4 Å². The van der Waals surface area contributed by atoms with Crippen molar-refractivity contribution in [1.29, 1.82) is 0 Å². The van der Waals surface area contributed by atoms with Gasteiger partial charge < -0.3 is 56.1 Å². The van der Waals surface area contributed by atoms with Crippen molar-refractivity contribution in [3.05, 3.63) is 45.4 Å². The molecule has 1 aliphatic heterocycles. The molecule has 2 aromatic rings. The topological polar surface area (TPSA) is 276 Å². The van der Waals surface area contributed by atoms with Gasteiger partial charge in [0.05, 0.1) is 30.9 Å². The van der Waals surface area contributed by atoms with E-state index in [9.17, 15) is 43.5 Å². The predicted octanol–water partition coefficient (Wildman–Crippen LogP) is 6.67. The van der Waals surface area contributed by atoms with Crippen molar-refractivity contribution in [3.63, 3.8) is 0 Å². The zero-order chi connectivity index (χ0) is 61.4. The molecule has 7 amide bonds. The Balaban J connectivity index is 1.71. The van der Waals surface area contributed by atoms with E-state index in [1.54, 1.807) is 25.7 Å². The molecule has 0 aliphatic carbocycles. The molecular weight excluding hydrogens is 1100 g/mol. The Morgan fingerprint density at radius 1 is 0.892 bits per heavy atom. The summed E-state index contributed by atoms with van der Waals surface area (Å²) in [6.07, 6.45) is 8.80. The lowest BCUT2D eigenvalue weighted by molar-refractivity contribution is -0.143. The standard InChI is InChI=1S/C60H99N9O12S2/c1-12-27-69(59(76)54(40(6)14-3)67-57(75)48-21-16-18-28-68(48)9)49(39(4)5)35-50(81-29-13-2)58-66-47(37-83-58)56(74)63-44(32-42(8)60(77)78)33-43-24-23-41(7)46(34-43)65-51(70)22-19-26-62-55(73)45(64-53(72)38-82-11)20-15-17-25-61-52(71)36-80-31-30-79-10/h23-24,34,37,39-40,42,44-45,48-50,54H,12-22,25-33,35-36,38H2,1-11H3,(H,61,71)(H,62,73)(H,63,74)(H,64,72)(H,65,70)(H,67,75)(H,77,78)/t40?,42?,44-,45?,48?,49-,50-,54+/m1/s1. The summed E-state index contributed by atoms with van der Waals surface area (Å²) in [5.41, 5.74) is 2.24. The molecule has 4 unspecified atom stereocenters. The number of hydrogen-bond acceptors (Lipinski definition) is 15. The molecule has 23 heteroatoms. The molecule has 1 aromatic heterocycles. The summed E-state index contributed by atoms with van der Waals surface area (Å²) in [5.74, 6) is -3.61. The van der Waals surface area contributed by atoms with Crippen LogP contribution in [-0.4, -0.2) is 176 Å². The van der Waals surface area contributed by atoms with Crippen LogP contribution in [0, 0.1) is 24.7 Å². The molecule has 1 aliphatic rings. The summed E-state index contributed by atoms with van der Waals surface area (Å²) in [5, 5.41) is 29.9. The van der Waals surface area contributed by atoms with E-state index in [1.807, 2.05) is 64.8 Å². The molecule has 1 aromatic carbocycles. The minimum Gasteiger partial charge on any atom is -0.481 e. The molecule has 0 spiro atoms. The highest BCUT2D eigenvalue weighted by molar-refractivity contribution is 7.99. The summed E-state index contributed by atoms with van der Waals surface area (Å²) in [4.78, 5) is 115. The van der Waals surface area contributed by atoms with Crippen LogP contribution in [0.3, 0.4) is 0 Å². The van der Waals surface area contributed by atoms with Crippen LogP contribution in [0.15, 0.2) is 23.6 Å². The number of carboxylic acid groups (broad SMARTS) is 1. The second-order valence-corrected chi connectivity index (χ2v) is 24.0. The molecule has 21 nitrogen and oxygen atoms in total. The first-order valence-corrected chi connectivity index (χ1v) is 32.2. The molecule has 2 heterocycles. The zero-order valence-electron chi connectivity index (χ0n) is 51.4. The fourth-order valence-electron chi connectivity index (χ4n) is 9.90. The average Bonchev–Trinajstić information content (AvgIpc) is 4.23. The lowest BCUT2D eigenvalue weighted by Gasteiger charge is -2.40. The highest BCUT2D eigenvalue weighted by atomic mass is 32.2. The van der Waals surface area contributed by atoms with Gasteiger partial charge in [-0.05, 0) is 120 Å². The Hall–Kier alpha value is -5.20. The number of benzene rings is 1. The lowest BCUT2D eigenvalue weighted by atomic mass is 9.92. The van der Waals surface area contributed by atoms with E-state index in [2.05, 4.69) is 50.6 Å². The number of amides is 7. The number of nitrogens with zero attached hydrogens (tertiary/aromatic N) is 3. The predicted molar refractivity (Wildman–Crippen MR) is 326 cm³/mol. The van der Waals surface area contributed by atoms with E-state index in [1.165, 1.54) is 23.1 Å². The van der Waals surface area contributed by atoms with Crippen molar-refractivity contribution < 1.29 is 57.7 Å². The number of nitrogens with one attached hydrogen (secondary N) is 6. The van der Waals surface area contributed by atoms with Crippen LogP contribution in [0.1, 0.15) is 165 Å². The highest BCUT2D eigenvalue weighted by Gasteiger charge is 2.38. The Labute approximate surface area is 501 Å². The van der Waals surface area contributed by atoms with Crippen LogP contribution in [0.4, 0.5) is 5.69 Å². The second kappa shape index (κ2) is 39.4. The lowest BCUT2D eigenvalue weighted by Crippen LogP contribution is -2.58. The number of likely N-dealkylation sites (tertiary alicyclic amines) is 1. The number of likely N-dealkylation sites (N-methyl/N-ethyl adjacent to an activating group) is 1. The van der Waals surface area contributed by atoms with Gasteiger partial charge >= 0.3 is 5.97 Å². The number of piperidine rings is 1. The third kappa shape index (κ3) is 25.9. The third-order valence-corrected chi connectivity index (χ3v) is 16.4. The largest absolute Gasteiger partial charge is 0.481 e. The van der Waals surface area contributed by atoms with Crippen LogP contribution in [0.5, 0.6) is 0 Å². The normalized spacial score (nSPS) is 16.1. The number of aryl methyl sites for hydroxylation is 1. The molecule has 3 rings (SSSR count). The number of methoxy groups -OCH3 is 1. The number of carboxylic acids is 1. The fraction of sp³-hybridized carbons (Fsp3) is 0.717. The van der Waals surface area contributed by atoms with E-state index in [4.69, 9.17) is 19.2 Å². The number of hydrogen-bond donors (Lipinski definition) is 7. The smallest absolute Gasteiger partial charge is 0.306 e. The molecule has 7 N–H and O–H groups in total. The molecule has 83 heavy (non-hydrogen) atoms. The van der Waals surface area contributed by atoms with Crippen molar-refractivity contribution in [2.45, 2.75) is 182 Å². The fourth-order valence-corrected chi connectivity index (χ4v) is 11.1. The number of aliphatic carboxylic acids is 1. The molecule has 0 radical (unpaired) electrons. The Bertz CT molecular complexity index is 2340. The first-order chi connectivity index (χ1) is 39.7. The Kier molecular flexibility index (Phi) is 34.2. The van der Waals surface area contributed by atoms with E-state index in [0.29, 0.717) is 88.6 Å². The molecule has 468 valence electrons. The first kappa shape index (κ1) is 72.1. The van der Waals surface area contributed by atoms with Gasteiger partial charge in [0.15, 0.2) is 0 Å². The summed E-state index contributed by atoms with van der Waals surface area (Å²) in [6.45, 7) is 18.6. The number of aromatic nitrogens is 1. The quantitative estimate of drug-likeness (QED) is 0.0343. The number of carbonyl (C=O) groups excluding carboxylic acids is 7. The van der Waals surface area contributed by atoms with Crippen LogP contribution in [0.2, 0.25) is 0 Å². The number of anilines is 1. The maximum atomic E-state index is 14.8. The van der Waals surface area contributed by atoms with Crippen LogP contribution in [-0.2, 0) is 54.2 Å². The van der Waals surface area contributed by atoms with Gasteiger partial charge in [0.1, 0.15) is 35.5 Å². The van der Waals surface area contributed by atoms with Gasteiger partial charge in [0.2, 0.25) is 35.4 Å². The van der Waals surface area contributed by atoms with E-state index < -0.39 is 42.0 Å². The Morgan fingerprint density at radius 2 is 1.64 bits per heavy atom. The second-order valence-electron chi connectivity index (χ2n) is 22.3. The maximum absolute atomic E-state index is 14.8. The van der Waals surface area contributed by atoms with Crippen molar-refractivity contribution in [3.8, 4) is 0 Å². The van der Waals surface area contributed by atoms with Gasteiger partial charge in [-0.15, -0.1) is 11.3 Å². The molecule has 8 atom stereocenters. The van der Waals surface area contributed by atoms with Gasteiger partial charge in [0.25, 0.3) is 5.91 Å². The van der Waals surface area contributed by atoms with E-state index >= 15 is 0 Å². The number of thioether (sulfide) groups is 1. The van der Waals surface area contributed by atoms with Gasteiger partial charge in [-0.3, -0.25) is 43.3 Å². The van der Waals surface area contributed by atoms with Crippen molar-refractivity contribution in [2.24, 2.45) is 17.8 Å². The van der Waals surface area contributed by atoms with Crippen molar-refractivity contribution in [1.82, 2.24) is 41.4 Å². The molecular formula is C60H99N9O12S2. The summed E-state index contributed by atoms with van der Waals surface area (Å²) in [7, 11) is 3.51. The van der Waals surface area contributed by atoms with Gasteiger partial charge in [-0.1, -0.05) is 73.4 Å². The van der Waals surface area contributed by atoms with Crippen LogP contribution >= 0.6 is 23.1 Å². The van der Waals surface area contributed by atoms with Crippen LogP contribution < -0.4 is 31.9 Å². The third-order valence-electron chi connectivity index (χ3n) is 14.9. The first-order valence-electron chi connectivity index (χ1n) is 29.9. The molecule has 1 saturated heterocycles. The average molecular weight is 1200 g/mol. The molecule has 1 fully saturated rings. The Morgan fingerprint density at radius 3 is 2.30 bits per heavy atom. The zero-order valence-corrected chi connectivity index (χ0v) is 53.0. The summed E-state index contributed by atoms with van der Waals surface area (Å²) in [6, 6.07) is 2.84. The van der Waals surface area contributed by atoms with E-state index in [-0.39, 0.29) is 103 Å². The van der Waals surface area contributed by atoms with Crippen molar-refractivity contribution in [2.75, 3.05) is 84.1 Å². The highest BCUT2D eigenvalue weighted by Crippen LogP contribution is 2.32.